The molecule has 7 heteroatoms. The van der Waals surface area contributed by atoms with Gasteiger partial charge in [0.1, 0.15) is 12.4 Å². The van der Waals surface area contributed by atoms with Gasteiger partial charge in [-0.15, -0.1) is 0 Å². The summed E-state index contributed by atoms with van der Waals surface area (Å²) in [6.45, 7) is 2.51. The SMILES string of the molecule is CCOc1cc(/C=N\O)cc(I)c1OCc1ccc(F)cc1Cl. The molecule has 0 amide bonds. The molecular formula is C16H14ClFINO3. The molecule has 0 saturated heterocycles. The lowest BCUT2D eigenvalue weighted by molar-refractivity contribution is 0.267. The van der Waals surface area contributed by atoms with Gasteiger partial charge < -0.3 is 14.7 Å². The fourth-order valence-corrected chi connectivity index (χ4v) is 2.92. The number of ether oxygens (including phenoxy) is 2. The van der Waals surface area contributed by atoms with Crippen LogP contribution in [0.25, 0.3) is 0 Å². The first-order chi connectivity index (χ1) is 11.0. The third-order valence-electron chi connectivity index (χ3n) is 2.93. The Bertz CT molecular complexity index is 725. The summed E-state index contributed by atoms with van der Waals surface area (Å²) in [4.78, 5) is 0. The second-order valence-corrected chi connectivity index (χ2v) is 6.10. The van der Waals surface area contributed by atoms with Gasteiger partial charge in [0.25, 0.3) is 0 Å². The quantitative estimate of drug-likeness (QED) is 0.296. The fourth-order valence-electron chi connectivity index (χ4n) is 1.92. The molecule has 0 fully saturated rings. The van der Waals surface area contributed by atoms with E-state index in [0.29, 0.717) is 34.3 Å². The molecule has 0 saturated carbocycles. The maximum atomic E-state index is 13.1. The normalized spacial score (nSPS) is 11.0. The van der Waals surface area contributed by atoms with Gasteiger partial charge in [-0.3, -0.25) is 0 Å². The van der Waals surface area contributed by atoms with Crippen molar-refractivity contribution >= 4 is 40.4 Å². The van der Waals surface area contributed by atoms with E-state index < -0.39 is 5.82 Å². The largest absolute Gasteiger partial charge is 0.490 e. The summed E-state index contributed by atoms with van der Waals surface area (Å²) in [6.07, 6.45) is 1.31. The van der Waals surface area contributed by atoms with Crippen molar-refractivity contribution in [3.05, 3.63) is 55.9 Å². The molecule has 23 heavy (non-hydrogen) atoms. The van der Waals surface area contributed by atoms with Crippen LogP contribution in [-0.4, -0.2) is 18.0 Å². The zero-order valence-electron chi connectivity index (χ0n) is 12.2. The lowest BCUT2D eigenvalue weighted by Crippen LogP contribution is -2.03. The van der Waals surface area contributed by atoms with Crippen LogP contribution in [0, 0.1) is 9.39 Å². The lowest BCUT2D eigenvalue weighted by Gasteiger charge is -2.15. The number of hydrogen-bond acceptors (Lipinski definition) is 4. The molecule has 1 N–H and O–H groups in total. The van der Waals surface area contributed by atoms with Gasteiger partial charge in [-0.1, -0.05) is 22.8 Å². The van der Waals surface area contributed by atoms with E-state index in [-0.39, 0.29) is 6.61 Å². The first-order valence-corrected chi connectivity index (χ1v) is 8.21. The van der Waals surface area contributed by atoms with Gasteiger partial charge in [-0.2, -0.15) is 0 Å². The summed E-state index contributed by atoms with van der Waals surface area (Å²) in [5.74, 6) is 0.700. The average Bonchev–Trinajstić information content (AvgIpc) is 2.49. The molecule has 0 aliphatic rings. The summed E-state index contributed by atoms with van der Waals surface area (Å²) >= 11 is 8.11. The molecular weight excluding hydrogens is 436 g/mol. The Balaban J connectivity index is 2.27. The topological polar surface area (TPSA) is 51.0 Å². The van der Waals surface area contributed by atoms with Crippen LogP contribution in [-0.2, 0) is 6.61 Å². The third kappa shape index (κ3) is 4.71. The van der Waals surface area contributed by atoms with Gasteiger partial charge in [-0.05, 0) is 53.8 Å². The minimum Gasteiger partial charge on any atom is -0.490 e. The van der Waals surface area contributed by atoms with Crippen molar-refractivity contribution in [3.8, 4) is 11.5 Å². The van der Waals surface area contributed by atoms with Crippen LogP contribution < -0.4 is 9.47 Å². The maximum Gasteiger partial charge on any atom is 0.175 e. The van der Waals surface area contributed by atoms with Crippen molar-refractivity contribution in [1.82, 2.24) is 0 Å². The van der Waals surface area contributed by atoms with E-state index in [1.807, 2.05) is 6.92 Å². The van der Waals surface area contributed by atoms with Crippen molar-refractivity contribution in [3.63, 3.8) is 0 Å². The summed E-state index contributed by atoms with van der Waals surface area (Å²) < 4.78 is 25.3. The Morgan fingerprint density at radius 2 is 2.09 bits per heavy atom. The third-order valence-corrected chi connectivity index (χ3v) is 4.08. The molecule has 0 spiro atoms. The predicted octanol–water partition coefficient (Wildman–Crippen LogP) is 4.87. The fraction of sp³-hybridized carbons (Fsp3) is 0.188. The average molecular weight is 450 g/mol. The van der Waals surface area contributed by atoms with E-state index in [9.17, 15) is 4.39 Å². The van der Waals surface area contributed by atoms with E-state index in [1.165, 1.54) is 18.3 Å². The van der Waals surface area contributed by atoms with Crippen molar-refractivity contribution in [2.45, 2.75) is 13.5 Å². The Morgan fingerprint density at radius 1 is 1.30 bits per heavy atom. The molecule has 0 bridgehead atoms. The molecule has 0 aliphatic carbocycles. The van der Waals surface area contributed by atoms with Gasteiger partial charge in [0.15, 0.2) is 11.5 Å². The summed E-state index contributed by atoms with van der Waals surface area (Å²) in [5, 5.41) is 12.0. The predicted molar refractivity (Wildman–Crippen MR) is 95.5 cm³/mol. The number of nitrogens with zero attached hydrogens (tertiary/aromatic N) is 1. The summed E-state index contributed by atoms with van der Waals surface area (Å²) in [7, 11) is 0. The van der Waals surface area contributed by atoms with Crippen LogP contribution >= 0.6 is 34.2 Å². The van der Waals surface area contributed by atoms with Crippen LogP contribution in [0.5, 0.6) is 11.5 Å². The number of rotatable bonds is 6. The van der Waals surface area contributed by atoms with Crippen LogP contribution in [0.3, 0.4) is 0 Å². The molecule has 0 aromatic heterocycles. The van der Waals surface area contributed by atoms with E-state index in [4.69, 9.17) is 26.3 Å². The van der Waals surface area contributed by atoms with E-state index in [0.717, 1.165) is 3.57 Å². The van der Waals surface area contributed by atoms with E-state index >= 15 is 0 Å². The lowest BCUT2D eigenvalue weighted by atomic mass is 10.2. The molecule has 0 radical (unpaired) electrons. The second kappa shape index (κ2) is 8.35. The monoisotopic (exact) mass is 449 g/mol. The van der Waals surface area contributed by atoms with Gasteiger partial charge in [0.05, 0.1) is 21.4 Å². The van der Waals surface area contributed by atoms with Gasteiger partial charge >= 0.3 is 0 Å². The number of hydrogen-bond donors (Lipinski definition) is 1. The standard InChI is InChI=1S/C16H14ClFINO3/c1-2-22-15-6-10(8-20-21)5-14(19)16(15)23-9-11-3-4-12(18)7-13(11)17/h3-8,21H,2,9H2,1H3/b20-8-. The Morgan fingerprint density at radius 3 is 2.74 bits per heavy atom. The van der Waals surface area contributed by atoms with Crippen molar-refractivity contribution < 1.29 is 19.1 Å². The molecule has 0 unspecified atom stereocenters. The highest BCUT2D eigenvalue weighted by atomic mass is 127. The molecule has 2 aromatic rings. The molecule has 4 nitrogen and oxygen atoms in total. The molecule has 2 rings (SSSR count). The van der Waals surface area contributed by atoms with Crippen LogP contribution in [0.15, 0.2) is 35.5 Å². The van der Waals surface area contributed by atoms with Crippen molar-refractivity contribution in [2.24, 2.45) is 5.16 Å². The van der Waals surface area contributed by atoms with E-state index in [2.05, 4.69) is 27.7 Å². The molecule has 0 aliphatic heterocycles. The Hall–Kier alpha value is -1.54. The van der Waals surface area contributed by atoms with Crippen LogP contribution in [0.4, 0.5) is 4.39 Å². The van der Waals surface area contributed by atoms with Gasteiger partial charge in [-0.25, -0.2) is 4.39 Å². The van der Waals surface area contributed by atoms with Crippen molar-refractivity contribution in [1.29, 1.82) is 0 Å². The number of halogens is 3. The van der Waals surface area contributed by atoms with Gasteiger partial charge in [0, 0.05) is 11.1 Å². The minimum absolute atomic E-state index is 0.183. The van der Waals surface area contributed by atoms with Crippen LogP contribution in [0.2, 0.25) is 5.02 Å². The first kappa shape index (κ1) is 17.8. The molecule has 122 valence electrons. The summed E-state index contributed by atoms with van der Waals surface area (Å²) in [5.41, 5.74) is 1.36. The highest BCUT2D eigenvalue weighted by Gasteiger charge is 2.13. The zero-order valence-corrected chi connectivity index (χ0v) is 15.1. The van der Waals surface area contributed by atoms with Crippen LogP contribution in [0.1, 0.15) is 18.1 Å². The van der Waals surface area contributed by atoms with Crippen molar-refractivity contribution in [2.75, 3.05) is 6.61 Å². The molecule has 2 aromatic carbocycles. The Kier molecular flexibility index (Phi) is 6.47. The van der Waals surface area contributed by atoms with E-state index in [1.54, 1.807) is 18.2 Å². The highest BCUT2D eigenvalue weighted by Crippen LogP contribution is 2.35. The summed E-state index contributed by atoms with van der Waals surface area (Å²) in [6, 6.07) is 7.67. The highest BCUT2D eigenvalue weighted by molar-refractivity contribution is 14.1. The first-order valence-electron chi connectivity index (χ1n) is 6.75. The molecule has 0 heterocycles. The smallest absolute Gasteiger partial charge is 0.175 e. The zero-order chi connectivity index (χ0) is 16.8. The second-order valence-electron chi connectivity index (χ2n) is 4.53. The number of oxime groups is 1. The molecule has 0 atom stereocenters. The van der Waals surface area contributed by atoms with Gasteiger partial charge in [0.2, 0.25) is 0 Å². The maximum absolute atomic E-state index is 13.1. The number of benzene rings is 2. The Labute approximate surface area is 152 Å². The minimum atomic E-state index is -0.393.